The highest BCUT2D eigenvalue weighted by Gasteiger charge is 2.09. The summed E-state index contributed by atoms with van der Waals surface area (Å²) in [6.07, 6.45) is 7.61. The maximum Gasteiger partial charge on any atom is 0.372 e. The molecule has 0 aromatic heterocycles. The van der Waals surface area contributed by atoms with Gasteiger partial charge in [0, 0.05) is 0 Å². The first kappa shape index (κ1) is 13.8. The van der Waals surface area contributed by atoms with Crippen molar-refractivity contribution in [3.8, 4) is 0 Å². The summed E-state index contributed by atoms with van der Waals surface area (Å²) in [7, 11) is 1.35. The van der Waals surface area contributed by atoms with Gasteiger partial charge >= 0.3 is 5.97 Å². The van der Waals surface area contributed by atoms with Gasteiger partial charge in [-0.3, -0.25) is 0 Å². The van der Waals surface area contributed by atoms with E-state index in [0.29, 0.717) is 6.61 Å². The van der Waals surface area contributed by atoms with E-state index in [2.05, 4.69) is 18.2 Å². The largest absolute Gasteiger partial charge is 0.483 e. The van der Waals surface area contributed by atoms with E-state index in [1.54, 1.807) is 12.2 Å². The van der Waals surface area contributed by atoms with E-state index in [1.165, 1.54) is 7.11 Å². The van der Waals surface area contributed by atoms with Crippen LogP contribution in [-0.4, -0.2) is 19.7 Å². The highest BCUT2D eigenvalue weighted by Crippen LogP contribution is 2.06. The molecular formula is C12H20O3. The van der Waals surface area contributed by atoms with E-state index >= 15 is 0 Å². The van der Waals surface area contributed by atoms with Crippen LogP contribution in [0.3, 0.4) is 0 Å². The van der Waals surface area contributed by atoms with Crippen LogP contribution in [-0.2, 0) is 14.3 Å². The number of esters is 1. The van der Waals surface area contributed by atoms with Gasteiger partial charge in [-0.15, -0.1) is 0 Å². The molecule has 0 atom stereocenters. The lowest BCUT2D eigenvalue weighted by Gasteiger charge is -2.06. The quantitative estimate of drug-likeness (QED) is 0.204. The van der Waals surface area contributed by atoms with Crippen LogP contribution in [0.25, 0.3) is 0 Å². The number of methoxy groups -OCH3 is 1. The van der Waals surface area contributed by atoms with Gasteiger partial charge in [-0.05, 0) is 18.9 Å². The third kappa shape index (κ3) is 6.77. The number of unbranched alkanes of at least 4 members (excludes halogenated alkanes) is 3. The van der Waals surface area contributed by atoms with Crippen molar-refractivity contribution >= 4 is 5.97 Å². The Morgan fingerprint density at radius 2 is 2.13 bits per heavy atom. The van der Waals surface area contributed by atoms with Gasteiger partial charge in [-0.1, -0.05) is 32.4 Å². The van der Waals surface area contributed by atoms with Crippen LogP contribution >= 0.6 is 0 Å². The molecule has 0 aromatic carbocycles. The summed E-state index contributed by atoms with van der Waals surface area (Å²) >= 11 is 0. The third-order valence-electron chi connectivity index (χ3n) is 1.88. The van der Waals surface area contributed by atoms with E-state index in [4.69, 9.17) is 4.74 Å². The Morgan fingerprint density at radius 1 is 1.40 bits per heavy atom. The van der Waals surface area contributed by atoms with E-state index in [9.17, 15) is 4.79 Å². The molecule has 0 spiro atoms. The second-order valence-corrected chi connectivity index (χ2v) is 3.16. The molecule has 86 valence electrons. The number of hydrogen-bond donors (Lipinski definition) is 0. The minimum Gasteiger partial charge on any atom is -0.483 e. The number of allylic oxidation sites excluding steroid dienone is 1. The molecule has 0 unspecified atom stereocenters. The van der Waals surface area contributed by atoms with Crippen molar-refractivity contribution in [2.45, 2.75) is 32.6 Å². The van der Waals surface area contributed by atoms with Crippen molar-refractivity contribution in [2.75, 3.05) is 13.7 Å². The van der Waals surface area contributed by atoms with E-state index < -0.39 is 5.97 Å². The summed E-state index contributed by atoms with van der Waals surface area (Å²) in [4.78, 5) is 11.2. The highest BCUT2D eigenvalue weighted by molar-refractivity contribution is 5.86. The molecule has 0 aliphatic heterocycles. The molecule has 0 rings (SSSR count). The maximum atomic E-state index is 11.2. The summed E-state index contributed by atoms with van der Waals surface area (Å²) < 4.78 is 9.79. The second kappa shape index (κ2) is 9.31. The van der Waals surface area contributed by atoms with Crippen LogP contribution in [0.15, 0.2) is 24.5 Å². The first-order chi connectivity index (χ1) is 7.26. The first-order valence-electron chi connectivity index (χ1n) is 5.28. The summed E-state index contributed by atoms with van der Waals surface area (Å²) in [5, 5.41) is 0. The molecular weight excluding hydrogens is 192 g/mol. The van der Waals surface area contributed by atoms with Crippen molar-refractivity contribution in [1.82, 2.24) is 0 Å². The van der Waals surface area contributed by atoms with Crippen molar-refractivity contribution in [2.24, 2.45) is 0 Å². The molecule has 15 heavy (non-hydrogen) atoms. The Bertz CT molecular complexity index is 219. The molecule has 0 N–H and O–H groups in total. The molecule has 3 nitrogen and oxygen atoms in total. The van der Waals surface area contributed by atoms with Crippen molar-refractivity contribution in [3.63, 3.8) is 0 Å². The lowest BCUT2D eigenvalue weighted by molar-refractivity contribution is -0.139. The molecule has 0 amide bonds. The predicted octanol–water partition coefficient (Wildman–Crippen LogP) is 2.83. The number of carbonyl (C=O) groups excluding carboxylic acids is 1. The number of rotatable bonds is 8. The Kier molecular flexibility index (Phi) is 8.53. The van der Waals surface area contributed by atoms with Gasteiger partial charge in [0.15, 0.2) is 0 Å². The molecule has 0 fully saturated rings. The molecule has 3 heteroatoms. The molecule has 0 saturated heterocycles. The summed E-state index contributed by atoms with van der Waals surface area (Å²) in [6, 6.07) is 0. The van der Waals surface area contributed by atoms with Gasteiger partial charge in [0.2, 0.25) is 5.76 Å². The van der Waals surface area contributed by atoms with E-state index in [1.807, 2.05) is 0 Å². The maximum absolute atomic E-state index is 11.2. The molecule has 0 aliphatic rings. The number of hydrogen-bond acceptors (Lipinski definition) is 3. The molecule has 0 heterocycles. The van der Waals surface area contributed by atoms with Crippen LogP contribution in [0.1, 0.15) is 32.6 Å². The zero-order valence-corrected chi connectivity index (χ0v) is 9.62. The van der Waals surface area contributed by atoms with Crippen molar-refractivity contribution in [1.29, 1.82) is 0 Å². The monoisotopic (exact) mass is 212 g/mol. The fourth-order valence-corrected chi connectivity index (χ4v) is 1.08. The average molecular weight is 212 g/mol. The van der Waals surface area contributed by atoms with Crippen LogP contribution in [0.2, 0.25) is 0 Å². The van der Waals surface area contributed by atoms with Crippen molar-refractivity contribution < 1.29 is 14.3 Å². The van der Waals surface area contributed by atoms with Gasteiger partial charge in [0.1, 0.15) is 6.61 Å². The normalized spacial score (nSPS) is 10.9. The van der Waals surface area contributed by atoms with Crippen LogP contribution < -0.4 is 0 Å². The summed E-state index contributed by atoms with van der Waals surface area (Å²) in [5.74, 6) is -0.137. The first-order valence-corrected chi connectivity index (χ1v) is 5.28. The zero-order valence-electron chi connectivity index (χ0n) is 9.62. The van der Waals surface area contributed by atoms with E-state index in [-0.39, 0.29) is 5.76 Å². The zero-order chi connectivity index (χ0) is 11.5. The van der Waals surface area contributed by atoms with Gasteiger partial charge < -0.3 is 9.47 Å². The Morgan fingerprint density at radius 3 is 2.67 bits per heavy atom. The van der Waals surface area contributed by atoms with Crippen LogP contribution in [0.5, 0.6) is 0 Å². The average Bonchev–Trinajstić information content (AvgIpc) is 2.27. The lowest BCUT2D eigenvalue weighted by Crippen LogP contribution is -2.08. The Balaban J connectivity index is 4.08. The smallest absolute Gasteiger partial charge is 0.372 e. The molecule has 0 radical (unpaired) electrons. The van der Waals surface area contributed by atoms with Gasteiger partial charge in [0.25, 0.3) is 0 Å². The molecule has 0 aliphatic carbocycles. The Hall–Kier alpha value is -1.25. The second-order valence-electron chi connectivity index (χ2n) is 3.16. The molecule has 0 saturated carbocycles. The minimum atomic E-state index is -0.423. The van der Waals surface area contributed by atoms with Crippen molar-refractivity contribution in [3.05, 3.63) is 24.5 Å². The van der Waals surface area contributed by atoms with Crippen LogP contribution in [0, 0.1) is 0 Å². The number of carbonyl (C=O) groups is 1. The SMILES string of the molecule is C=CCO/C(=C\CCCCC)C(=O)OC. The fraction of sp³-hybridized carbons (Fsp3) is 0.583. The highest BCUT2D eigenvalue weighted by atomic mass is 16.6. The molecule has 0 aromatic rings. The van der Waals surface area contributed by atoms with Gasteiger partial charge in [0.05, 0.1) is 7.11 Å². The predicted molar refractivity (Wildman–Crippen MR) is 60.4 cm³/mol. The standard InChI is InChI=1S/C12H20O3/c1-4-6-7-8-9-11(12(13)14-3)15-10-5-2/h5,9H,2,4,6-8,10H2,1,3H3/b11-9-. The third-order valence-corrected chi connectivity index (χ3v) is 1.88. The Labute approximate surface area is 91.8 Å². The number of ether oxygens (including phenoxy) is 2. The summed E-state index contributed by atoms with van der Waals surface area (Å²) in [5.41, 5.74) is 0. The minimum absolute atomic E-state index is 0.286. The van der Waals surface area contributed by atoms with Gasteiger partial charge in [-0.2, -0.15) is 0 Å². The fourth-order valence-electron chi connectivity index (χ4n) is 1.08. The summed E-state index contributed by atoms with van der Waals surface area (Å²) in [6.45, 7) is 5.99. The van der Waals surface area contributed by atoms with Gasteiger partial charge in [-0.25, -0.2) is 4.79 Å². The lowest BCUT2D eigenvalue weighted by atomic mass is 10.2. The molecule has 0 bridgehead atoms. The topological polar surface area (TPSA) is 35.5 Å². The van der Waals surface area contributed by atoms with Crippen LogP contribution in [0.4, 0.5) is 0 Å². The van der Waals surface area contributed by atoms with E-state index in [0.717, 1.165) is 25.7 Å².